The first-order chi connectivity index (χ1) is 15.4. The van der Waals surface area contributed by atoms with E-state index in [2.05, 4.69) is 39.9 Å². The van der Waals surface area contributed by atoms with Gasteiger partial charge in [-0.05, 0) is 54.9 Å². The van der Waals surface area contributed by atoms with E-state index in [1.165, 1.54) is 11.1 Å². The number of nitrogens with zero attached hydrogens (tertiary/aromatic N) is 4. The van der Waals surface area contributed by atoms with Gasteiger partial charge >= 0.3 is 0 Å². The van der Waals surface area contributed by atoms with E-state index in [9.17, 15) is 0 Å². The summed E-state index contributed by atoms with van der Waals surface area (Å²) in [6.07, 6.45) is 1.92. The van der Waals surface area contributed by atoms with Crippen molar-refractivity contribution in [3.8, 4) is 0 Å². The molecule has 0 saturated carbocycles. The topological polar surface area (TPSA) is 59.7 Å². The molecule has 2 heterocycles. The zero-order chi connectivity index (χ0) is 22.7. The van der Waals surface area contributed by atoms with Crippen LogP contribution in [0.5, 0.6) is 0 Å². The molecule has 0 aliphatic carbocycles. The highest BCUT2D eigenvalue weighted by atomic mass is 35.5. The van der Waals surface area contributed by atoms with Gasteiger partial charge in [0.2, 0.25) is 0 Å². The van der Waals surface area contributed by atoms with E-state index in [0.29, 0.717) is 39.9 Å². The SMILES string of the molecule is Cc1ccccc1Cn1ccc(NC(=S)Nc2cc(C)n(Cc3ccc(Cl)c(Cl)c3)n2)n1. The monoisotopic (exact) mass is 484 g/mol. The van der Waals surface area contributed by atoms with Crippen LogP contribution < -0.4 is 10.6 Å². The van der Waals surface area contributed by atoms with Crippen LogP contribution in [0.3, 0.4) is 0 Å². The quantitative estimate of drug-likeness (QED) is 0.333. The van der Waals surface area contributed by atoms with E-state index >= 15 is 0 Å². The maximum Gasteiger partial charge on any atom is 0.177 e. The maximum absolute atomic E-state index is 6.12. The molecule has 9 heteroatoms. The molecular weight excluding hydrogens is 463 g/mol. The van der Waals surface area contributed by atoms with Gasteiger partial charge in [0.15, 0.2) is 16.7 Å². The summed E-state index contributed by atoms with van der Waals surface area (Å²) in [4.78, 5) is 0. The highest BCUT2D eigenvalue weighted by Crippen LogP contribution is 2.23. The molecule has 6 nitrogen and oxygen atoms in total. The average molecular weight is 485 g/mol. The van der Waals surface area contributed by atoms with Gasteiger partial charge in [0.1, 0.15) is 0 Å². The Labute approximate surface area is 202 Å². The van der Waals surface area contributed by atoms with E-state index < -0.39 is 0 Å². The Morgan fingerprint density at radius 3 is 2.47 bits per heavy atom. The Balaban J connectivity index is 1.36. The number of halogens is 2. The van der Waals surface area contributed by atoms with Gasteiger partial charge in [-0.3, -0.25) is 9.36 Å². The molecular formula is C23H22Cl2N6S. The molecule has 0 aliphatic rings. The highest BCUT2D eigenvalue weighted by molar-refractivity contribution is 7.80. The number of hydrogen-bond donors (Lipinski definition) is 2. The van der Waals surface area contributed by atoms with Crippen LogP contribution >= 0.6 is 35.4 Å². The number of benzene rings is 2. The Hall–Kier alpha value is -2.87. The minimum atomic E-state index is 0.422. The second-order valence-electron chi connectivity index (χ2n) is 7.48. The lowest BCUT2D eigenvalue weighted by atomic mass is 10.1. The van der Waals surface area contributed by atoms with Crippen molar-refractivity contribution < 1.29 is 0 Å². The zero-order valence-corrected chi connectivity index (χ0v) is 20.0. The minimum absolute atomic E-state index is 0.422. The second-order valence-corrected chi connectivity index (χ2v) is 8.70. The number of aromatic nitrogens is 4. The molecule has 2 aromatic heterocycles. The van der Waals surface area contributed by atoms with Crippen molar-refractivity contribution in [1.82, 2.24) is 19.6 Å². The number of anilines is 2. The fraction of sp³-hybridized carbons (Fsp3) is 0.174. The van der Waals surface area contributed by atoms with E-state index in [1.807, 2.05) is 58.9 Å². The molecule has 2 aromatic carbocycles. The van der Waals surface area contributed by atoms with Gasteiger partial charge in [0, 0.05) is 24.0 Å². The van der Waals surface area contributed by atoms with E-state index in [0.717, 1.165) is 11.3 Å². The summed E-state index contributed by atoms with van der Waals surface area (Å²) >= 11 is 17.6. The molecule has 0 aliphatic heterocycles. The fourth-order valence-corrected chi connectivity index (χ4v) is 3.81. The van der Waals surface area contributed by atoms with Crippen molar-refractivity contribution in [3.05, 3.63) is 93.2 Å². The Kier molecular flexibility index (Phi) is 6.79. The summed E-state index contributed by atoms with van der Waals surface area (Å²) in [6.45, 7) is 5.36. The number of aryl methyl sites for hydroxylation is 2. The first kappa shape index (κ1) is 22.3. The van der Waals surface area contributed by atoms with E-state index in [-0.39, 0.29) is 0 Å². The van der Waals surface area contributed by atoms with Gasteiger partial charge in [-0.2, -0.15) is 10.2 Å². The molecule has 0 radical (unpaired) electrons. The van der Waals surface area contributed by atoms with E-state index in [1.54, 1.807) is 6.07 Å². The van der Waals surface area contributed by atoms with Crippen molar-refractivity contribution in [2.45, 2.75) is 26.9 Å². The van der Waals surface area contributed by atoms with Crippen LogP contribution in [0.2, 0.25) is 10.0 Å². The molecule has 0 saturated heterocycles. The first-order valence-corrected chi connectivity index (χ1v) is 11.2. The van der Waals surface area contributed by atoms with Crippen LogP contribution in [0.15, 0.2) is 60.8 Å². The number of hydrogen-bond acceptors (Lipinski definition) is 3. The number of nitrogens with one attached hydrogen (secondary N) is 2. The minimum Gasteiger partial charge on any atom is -0.316 e. The molecule has 2 N–H and O–H groups in total. The predicted molar refractivity (Wildman–Crippen MR) is 135 cm³/mol. The van der Waals surface area contributed by atoms with Crippen molar-refractivity contribution in [2.24, 2.45) is 0 Å². The molecule has 0 spiro atoms. The van der Waals surface area contributed by atoms with Crippen LogP contribution in [-0.2, 0) is 13.1 Å². The van der Waals surface area contributed by atoms with Crippen LogP contribution in [0.1, 0.15) is 22.4 Å². The van der Waals surface area contributed by atoms with Crippen molar-refractivity contribution in [2.75, 3.05) is 10.6 Å². The van der Waals surface area contributed by atoms with Crippen molar-refractivity contribution >= 4 is 52.2 Å². The molecule has 32 heavy (non-hydrogen) atoms. The fourth-order valence-electron chi connectivity index (χ4n) is 3.28. The molecule has 0 unspecified atom stereocenters. The Bertz CT molecular complexity index is 1260. The summed E-state index contributed by atoms with van der Waals surface area (Å²) in [5, 5.41) is 16.8. The van der Waals surface area contributed by atoms with Crippen LogP contribution in [0.25, 0.3) is 0 Å². The highest BCUT2D eigenvalue weighted by Gasteiger charge is 2.09. The summed E-state index contributed by atoms with van der Waals surface area (Å²) in [5.41, 5.74) is 4.47. The molecule has 4 aromatic rings. The van der Waals surface area contributed by atoms with Crippen LogP contribution in [0, 0.1) is 13.8 Å². The third-order valence-corrected chi connectivity index (χ3v) is 5.96. The third-order valence-electron chi connectivity index (χ3n) is 5.02. The maximum atomic E-state index is 6.12. The summed E-state index contributed by atoms with van der Waals surface area (Å²) in [7, 11) is 0. The molecule has 0 atom stereocenters. The van der Waals surface area contributed by atoms with Crippen LogP contribution in [-0.4, -0.2) is 24.7 Å². The van der Waals surface area contributed by atoms with Gasteiger partial charge < -0.3 is 10.6 Å². The lowest BCUT2D eigenvalue weighted by molar-refractivity contribution is 0.668. The first-order valence-electron chi connectivity index (χ1n) is 10.0. The summed E-state index contributed by atoms with van der Waals surface area (Å²) < 4.78 is 3.75. The zero-order valence-electron chi connectivity index (χ0n) is 17.6. The largest absolute Gasteiger partial charge is 0.316 e. The molecule has 4 rings (SSSR count). The lowest BCUT2D eigenvalue weighted by Gasteiger charge is -2.07. The molecule has 0 amide bonds. The Morgan fingerprint density at radius 1 is 0.906 bits per heavy atom. The van der Waals surface area contributed by atoms with Gasteiger partial charge in [0.05, 0.1) is 23.1 Å². The smallest absolute Gasteiger partial charge is 0.177 e. The van der Waals surface area contributed by atoms with Gasteiger partial charge in [-0.15, -0.1) is 0 Å². The number of rotatable bonds is 6. The predicted octanol–water partition coefficient (Wildman–Crippen LogP) is 5.91. The molecule has 164 valence electrons. The van der Waals surface area contributed by atoms with Gasteiger partial charge in [0.25, 0.3) is 0 Å². The summed E-state index contributed by atoms with van der Waals surface area (Å²) in [6, 6.07) is 17.7. The van der Waals surface area contributed by atoms with Gasteiger partial charge in [-0.25, -0.2) is 0 Å². The normalized spacial score (nSPS) is 10.9. The van der Waals surface area contributed by atoms with Crippen molar-refractivity contribution in [3.63, 3.8) is 0 Å². The average Bonchev–Trinajstić information content (AvgIpc) is 3.32. The van der Waals surface area contributed by atoms with Crippen LogP contribution in [0.4, 0.5) is 11.6 Å². The van der Waals surface area contributed by atoms with Crippen molar-refractivity contribution in [1.29, 1.82) is 0 Å². The van der Waals surface area contributed by atoms with E-state index in [4.69, 9.17) is 35.4 Å². The Morgan fingerprint density at radius 2 is 1.69 bits per heavy atom. The molecule has 0 bridgehead atoms. The lowest BCUT2D eigenvalue weighted by Crippen LogP contribution is -2.20. The van der Waals surface area contributed by atoms with Gasteiger partial charge in [-0.1, -0.05) is 53.5 Å². The number of thiocarbonyl (C=S) groups is 1. The second kappa shape index (κ2) is 9.73. The standard InChI is InChI=1S/C23H22Cl2N6S/c1-15-5-3-4-6-18(15)14-30-10-9-21(28-30)26-23(32)27-22-11-16(2)31(29-22)13-17-7-8-19(24)20(25)12-17/h3-12H,13-14H2,1-2H3,(H2,26,27,28,29,32). The third kappa shape index (κ3) is 5.48. The summed E-state index contributed by atoms with van der Waals surface area (Å²) in [5.74, 6) is 1.32. The molecule has 0 fully saturated rings.